The zero-order valence-electron chi connectivity index (χ0n) is 13.9. The molecule has 2 amide bonds. The van der Waals surface area contributed by atoms with Crippen molar-refractivity contribution in [2.75, 3.05) is 11.9 Å². The summed E-state index contributed by atoms with van der Waals surface area (Å²) in [6.07, 6.45) is 2.06. The fourth-order valence-corrected chi connectivity index (χ4v) is 3.29. The number of aliphatic carboxylic acids is 1. The molecular formula is C18H22N2O4. The van der Waals surface area contributed by atoms with Crippen LogP contribution in [0.15, 0.2) is 24.3 Å². The molecule has 2 aliphatic rings. The van der Waals surface area contributed by atoms with E-state index in [0.29, 0.717) is 36.6 Å². The molecule has 2 N–H and O–H groups in total. The van der Waals surface area contributed by atoms with Crippen molar-refractivity contribution < 1.29 is 19.5 Å². The number of amides is 2. The first-order chi connectivity index (χ1) is 11.3. The topological polar surface area (TPSA) is 86.7 Å². The van der Waals surface area contributed by atoms with Crippen LogP contribution in [-0.4, -0.2) is 39.9 Å². The Bertz CT molecular complexity index is 685. The first-order valence-electron chi connectivity index (χ1n) is 8.29. The Morgan fingerprint density at radius 3 is 2.42 bits per heavy atom. The first-order valence-corrected chi connectivity index (χ1v) is 8.29. The van der Waals surface area contributed by atoms with Gasteiger partial charge in [-0.2, -0.15) is 0 Å². The van der Waals surface area contributed by atoms with Crippen LogP contribution in [-0.2, 0) is 9.59 Å². The summed E-state index contributed by atoms with van der Waals surface area (Å²) in [5.41, 5.74) is -0.0632. The Kier molecular flexibility index (Phi) is 4.07. The summed E-state index contributed by atoms with van der Waals surface area (Å²) in [5, 5.41) is 12.3. The van der Waals surface area contributed by atoms with Crippen molar-refractivity contribution in [3.05, 3.63) is 29.8 Å². The summed E-state index contributed by atoms with van der Waals surface area (Å²) < 4.78 is 0. The Labute approximate surface area is 140 Å². The third-order valence-corrected chi connectivity index (χ3v) is 5.19. The standard InChI is InChI=1S/C18H22N2O4/c1-11-10-14(11)15(21)19-13-6-4-12(5-7-13)16(22)20-9-3-8-18(20,2)17(23)24/h4-7,11,14H,3,8-10H2,1-2H3,(H,19,21)(H,23,24). The maximum absolute atomic E-state index is 12.6. The fraction of sp³-hybridized carbons (Fsp3) is 0.500. The minimum atomic E-state index is -1.15. The average Bonchev–Trinajstić information content (AvgIpc) is 3.15. The number of nitrogens with zero attached hydrogens (tertiary/aromatic N) is 1. The third kappa shape index (κ3) is 2.88. The normalized spacial score (nSPS) is 28.5. The lowest BCUT2D eigenvalue weighted by molar-refractivity contribution is -0.147. The van der Waals surface area contributed by atoms with E-state index in [1.54, 1.807) is 31.2 Å². The summed E-state index contributed by atoms with van der Waals surface area (Å²) >= 11 is 0. The summed E-state index contributed by atoms with van der Waals surface area (Å²) in [4.78, 5) is 37.5. The molecule has 0 bridgehead atoms. The Morgan fingerprint density at radius 2 is 1.88 bits per heavy atom. The van der Waals surface area contributed by atoms with Crippen LogP contribution >= 0.6 is 0 Å². The fourth-order valence-electron chi connectivity index (χ4n) is 3.29. The predicted molar refractivity (Wildman–Crippen MR) is 88.7 cm³/mol. The van der Waals surface area contributed by atoms with Crippen LogP contribution < -0.4 is 5.32 Å². The maximum atomic E-state index is 12.6. The van der Waals surface area contributed by atoms with Crippen molar-refractivity contribution in [1.82, 2.24) is 4.90 Å². The number of carbonyl (C=O) groups excluding carboxylic acids is 2. The monoisotopic (exact) mass is 330 g/mol. The van der Waals surface area contributed by atoms with Gasteiger partial charge in [-0.3, -0.25) is 9.59 Å². The molecule has 3 rings (SSSR count). The maximum Gasteiger partial charge on any atom is 0.329 e. The molecule has 1 saturated carbocycles. The Morgan fingerprint density at radius 1 is 1.25 bits per heavy atom. The van der Waals surface area contributed by atoms with E-state index < -0.39 is 11.5 Å². The predicted octanol–water partition coefficient (Wildman–Crippen LogP) is 2.36. The summed E-state index contributed by atoms with van der Waals surface area (Å²) in [6, 6.07) is 6.64. The van der Waals surface area contributed by atoms with Crippen LogP contribution in [0.25, 0.3) is 0 Å². The lowest BCUT2D eigenvalue weighted by Gasteiger charge is -2.31. The molecule has 24 heavy (non-hydrogen) atoms. The number of rotatable bonds is 4. The minimum Gasteiger partial charge on any atom is -0.480 e. The Balaban J connectivity index is 1.70. The Hall–Kier alpha value is -2.37. The van der Waals surface area contributed by atoms with E-state index in [-0.39, 0.29) is 17.7 Å². The van der Waals surface area contributed by atoms with Gasteiger partial charge in [-0.05, 0) is 56.4 Å². The molecule has 1 aromatic rings. The van der Waals surface area contributed by atoms with Gasteiger partial charge in [0.05, 0.1) is 0 Å². The number of hydrogen-bond acceptors (Lipinski definition) is 3. The molecule has 1 aliphatic carbocycles. The number of carboxylic acids is 1. The van der Waals surface area contributed by atoms with Crippen molar-refractivity contribution in [2.24, 2.45) is 11.8 Å². The first kappa shape index (κ1) is 16.5. The highest BCUT2D eigenvalue weighted by molar-refractivity contribution is 5.99. The van der Waals surface area contributed by atoms with E-state index in [1.807, 2.05) is 6.92 Å². The molecule has 2 fully saturated rings. The SMILES string of the molecule is CC1CC1C(=O)Nc1ccc(C(=O)N2CCCC2(C)C(=O)O)cc1. The molecule has 1 aromatic carbocycles. The van der Waals surface area contributed by atoms with Gasteiger partial charge in [-0.25, -0.2) is 4.79 Å². The summed E-state index contributed by atoms with van der Waals surface area (Å²) in [6.45, 7) is 4.08. The summed E-state index contributed by atoms with van der Waals surface area (Å²) in [5.74, 6) is -0.719. The van der Waals surface area contributed by atoms with Crippen molar-refractivity contribution >= 4 is 23.5 Å². The van der Waals surface area contributed by atoms with Crippen LogP contribution in [0.3, 0.4) is 0 Å². The second-order valence-electron chi connectivity index (χ2n) is 7.03. The van der Waals surface area contributed by atoms with E-state index in [9.17, 15) is 19.5 Å². The van der Waals surface area contributed by atoms with E-state index in [2.05, 4.69) is 5.32 Å². The lowest BCUT2D eigenvalue weighted by atomic mass is 9.98. The number of hydrogen-bond donors (Lipinski definition) is 2. The van der Waals surface area contributed by atoms with Crippen LogP contribution in [0.4, 0.5) is 5.69 Å². The van der Waals surface area contributed by atoms with Gasteiger partial charge in [0, 0.05) is 23.7 Å². The van der Waals surface area contributed by atoms with Gasteiger partial charge in [0.1, 0.15) is 5.54 Å². The molecular weight excluding hydrogens is 308 g/mol. The molecule has 128 valence electrons. The second-order valence-corrected chi connectivity index (χ2v) is 7.03. The summed E-state index contributed by atoms with van der Waals surface area (Å²) in [7, 11) is 0. The third-order valence-electron chi connectivity index (χ3n) is 5.19. The highest BCUT2D eigenvalue weighted by Gasteiger charge is 2.46. The second kappa shape index (κ2) is 5.92. The van der Waals surface area contributed by atoms with E-state index >= 15 is 0 Å². The zero-order chi connectivity index (χ0) is 17.5. The van der Waals surface area contributed by atoms with E-state index in [4.69, 9.17) is 0 Å². The molecule has 1 aliphatic heterocycles. The van der Waals surface area contributed by atoms with Crippen molar-refractivity contribution in [1.29, 1.82) is 0 Å². The van der Waals surface area contributed by atoms with Gasteiger partial charge in [0.15, 0.2) is 0 Å². The molecule has 0 aromatic heterocycles. The number of nitrogens with one attached hydrogen (secondary N) is 1. The van der Waals surface area contributed by atoms with Gasteiger partial charge in [0.2, 0.25) is 5.91 Å². The number of likely N-dealkylation sites (tertiary alicyclic amines) is 1. The van der Waals surface area contributed by atoms with Gasteiger partial charge in [-0.15, -0.1) is 0 Å². The zero-order valence-corrected chi connectivity index (χ0v) is 13.9. The van der Waals surface area contributed by atoms with Crippen molar-refractivity contribution in [3.8, 4) is 0 Å². The van der Waals surface area contributed by atoms with Crippen LogP contribution in [0, 0.1) is 11.8 Å². The number of carbonyl (C=O) groups is 3. The molecule has 1 heterocycles. The van der Waals surface area contributed by atoms with Crippen molar-refractivity contribution in [2.45, 2.75) is 38.6 Å². The molecule has 6 nitrogen and oxygen atoms in total. The van der Waals surface area contributed by atoms with Crippen LogP contribution in [0.5, 0.6) is 0 Å². The molecule has 0 spiro atoms. The minimum absolute atomic E-state index is 0.0135. The van der Waals surface area contributed by atoms with Gasteiger partial charge in [0.25, 0.3) is 5.91 Å². The molecule has 6 heteroatoms. The quantitative estimate of drug-likeness (QED) is 0.887. The smallest absolute Gasteiger partial charge is 0.329 e. The molecule has 3 atom stereocenters. The van der Waals surface area contributed by atoms with Crippen molar-refractivity contribution in [3.63, 3.8) is 0 Å². The van der Waals surface area contributed by atoms with E-state index in [0.717, 1.165) is 6.42 Å². The van der Waals surface area contributed by atoms with Gasteiger partial charge >= 0.3 is 5.97 Å². The number of anilines is 1. The molecule has 0 radical (unpaired) electrons. The lowest BCUT2D eigenvalue weighted by Crippen LogP contribution is -2.50. The number of benzene rings is 1. The highest BCUT2D eigenvalue weighted by atomic mass is 16.4. The molecule has 1 saturated heterocycles. The number of carboxylic acid groups (broad SMARTS) is 1. The average molecular weight is 330 g/mol. The van der Waals surface area contributed by atoms with Gasteiger partial charge < -0.3 is 15.3 Å². The molecule has 3 unspecified atom stereocenters. The largest absolute Gasteiger partial charge is 0.480 e. The highest BCUT2D eigenvalue weighted by Crippen LogP contribution is 2.38. The van der Waals surface area contributed by atoms with Crippen LogP contribution in [0.1, 0.15) is 43.5 Å². The van der Waals surface area contributed by atoms with E-state index in [1.165, 1.54) is 4.90 Å². The van der Waals surface area contributed by atoms with Gasteiger partial charge in [-0.1, -0.05) is 6.92 Å². The van der Waals surface area contributed by atoms with Crippen LogP contribution in [0.2, 0.25) is 0 Å².